The Morgan fingerprint density at radius 1 is 0.971 bits per heavy atom. The molecule has 3 aromatic rings. The molecule has 3 rings (SSSR count). The number of amides is 2. The van der Waals surface area contributed by atoms with E-state index < -0.39 is 29.9 Å². The van der Waals surface area contributed by atoms with Crippen molar-refractivity contribution >= 4 is 28.7 Å². The number of fused-ring (bicyclic) bond motifs is 1. The number of rotatable bonds is 10. The largest absolute Gasteiger partial charge is 0.480 e. The molecule has 180 valence electrons. The van der Waals surface area contributed by atoms with Crippen LogP contribution in [0, 0.1) is 0 Å². The van der Waals surface area contributed by atoms with Gasteiger partial charge in [0.15, 0.2) is 0 Å². The number of hydrogen-bond acceptors (Lipinski definition) is 6. The van der Waals surface area contributed by atoms with Gasteiger partial charge in [-0.05, 0) is 49.9 Å². The highest BCUT2D eigenvalue weighted by molar-refractivity contribution is 6.04. The Hall–Kier alpha value is -3.82. The van der Waals surface area contributed by atoms with Crippen molar-refractivity contribution < 1.29 is 19.5 Å². The summed E-state index contributed by atoms with van der Waals surface area (Å²) in [5.74, 6) is -1.94. The quantitative estimate of drug-likeness (QED) is 0.302. The van der Waals surface area contributed by atoms with E-state index in [1.165, 1.54) is 0 Å². The van der Waals surface area contributed by atoms with Crippen LogP contribution in [-0.4, -0.2) is 46.5 Å². The molecule has 1 aromatic heterocycles. The Labute approximate surface area is 198 Å². The molecule has 9 heteroatoms. The number of para-hydroxylation sites is 1. The molecule has 0 bridgehead atoms. The summed E-state index contributed by atoms with van der Waals surface area (Å²) in [5.41, 5.74) is 18.6. The van der Waals surface area contributed by atoms with Crippen LogP contribution in [0.3, 0.4) is 0 Å². The molecule has 0 aliphatic rings. The van der Waals surface area contributed by atoms with Crippen LogP contribution in [0.25, 0.3) is 10.9 Å². The molecule has 0 saturated carbocycles. The molecule has 8 N–H and O–H groups in total. The average molecular weight is 466 g/mol. The number of aliphatic carboxylic acids is 1. The predicted octanol–water partition coefficient (Wildman–Crippen LogP) is 1.59. The van der Waals surface area contributed by atoms with E-state index in [1.807, 2.05) is 48.5 Å². The molecule has 0 radical (unpaired) electrons. The fourth-order valence-corrected chi connectivity index (χ4v) is 3.26. The number of aryl methyl sites for hydroxylation is 1. The summed E-state index contributed by atoms with van der Waals surface area (Å²) in [6.45, 7) is 0.389. The van der Waals surface area contributed by atoms with Crippen LogP contribution in [0.2, 0.25) is 0 Å². The number of benzene rings is 2. The highest BCUT2D eigenvalue weighted by Gasteiger charge is 2.22. The predicted molar refractivity (Wildman–Crippen MR) is 131 cm³/mol. The lowest BCUT2D eigenvalue weighted by atomic mass is 10.0. The number of pyridine rings is 1. The Morgan fingerprint density at radius 3 is 2.32 bits per heavy atom. The van der Waals surface area contributed by atoms with E-state index in [9.17, 15) is 14.4 Å². The highest BCUT2D eigenvalue weighted by atomic mass is 16.4. The molecule has 0 fully saturated rings. The van der Waals surface area contributed by atoms with Gasteiger partial charge in [0.25, 0.3) is 5.91 Å². The molecule has 2 aromatic carbocycles. The molecule has 0 aliphatic heterocycles. The molecule has 0 spiro atoms. The number of hydrogen-bond donors (Lipinski definition) is 5. The van der Waals surface area contributed by atoms with Crippen molar-refractivity contribution in [1.82, 2.24) is 10.3 Å². The van der Waals surface area contributed by atoms with E-state index in [1.54, 1.807) is 18.3 Å². The third kappa shape index (κ3) is 8.27. The van der Waals surface area contributed by atoms with E-state index >= 15 is 0 Å². The zero-order valence-electron chi connectivity index (χ0n) is 18.9. The van der Waals surface area contributed by atoms with Gasteiger partial charge in [-0.25, -0.2) is 4.79 Å². The topological polar surface area (TPSA) is 174 Å². The number of carbonyl (C=O) groups excluding carboxylic acids is 2. The smallest absolute Gasteiger partial charge is 0.326 e. The summed E-state index contributed by atoms with van der Waals surface area (Å²) in [6.07, 6.45) is 3.64. The molecule has 2 atom stereocenters. The van der Waals surface area contributed by atoms with Gasteiger partial charge < -0.3 is 27.6 Å². The second kappa shape index (κ2) is 13.7. The number of nitrogens with one attached hydrogen (secondary N) is 1. The lowest BCUT2D eigenvalue weighted by molar-refractivity contribution is -0.142. The fraction of sp³-hybridized carbons (Fsp3) is 0.280. The van der Waals surface area contributed by atoms with Crippen LogP contribution < -0.4 is 22.5 Å². The van der Waals surface area contributed by atoms with Crippen LogP contribution in [0.15, 0.2) is 66.9 Å². The van der Waals surface area contributed by atoms with Crippen molar-refractivity contribution in [3.8, 4) is 0 Å². The Morgan fingerprint density at radius 2 is 1.68 bits per heavy atom. The van der Waals surface area contributed by atoms with E-state index in [0.717, 1.165) is 10.9 Å². The van der Waals surface area contributed by atoms with E-state index in [0.29, 0.717) is 43.3 Å². The van der Waals surface area contributed by atoms with Crippen molar-refractivity contribution in [2.45, 2.75) is 37.8 Å². The van der Waals surface area contributed by atoms with Gasteiger partial charge in [-0.3, -0.25) is 14.6 Å². The van der Waals surface area contributed by atoms with Gasteiger partial charge in [-0.1, -0.05) is 48.5 Å². The monoisotopic (exact) mass is 465 g/mol. The molecule has 0 aliphatic carbocycles. The maximum Gasteiger partial charge on any atom is 0.326 e. The summed E-state index contributed by atoms with van der Waals surface area (Å²) in [5, 5.41) is 12.4. The van der Waals surface area contributed by atoms with Crippen molar-refractivity contribution in [2.24, 2.45) is 17.2 Å². The first-order chi connectivity index (χ1) is 16.3. The van der Waals surface area contributed by atoms with Gasteiger partial charge in [-0.2, -0.15) is 0 Å². The van der Waals surface area contributed by atoms with Gasteiger partial charge in [-0.15, -0.1) is 0 Å². The first kappa shape index (κ1) is 26.4. The summed E-state index contributed by atoms with van der Waals surface area (Å²) >= 11 is 0. The lowest BCUT2D eigenvalue weighted by Crippen LogP contribution is -2.48. The van der Waals surface area contributed by atoms with E-state index in [4.69, 9.17) is 22.3 Å². The normalized spacial score (nSPS) is 12.2. The minimum Gasteiger partial charge on any atom is -0.480 e. The number of carboxylic acid groups (broad SMARTS) is 1. The third-order valence-corrected chi connectivity index (χ3v) is 5.13. The van der Waals surface area contributed by atoms with Crippen molar-refractivity contribution in [3.05, 3.63) is 78.0 Å². The maximum absolute atomic E-state index is 11.9. The highest BCUT2D eigenvalue weighted by Crippen LogP contribution is 2.14. The molecule has 9 nitrogen and oxygen atoms in total. The van der Waals surface area contributed by atoms with Gasteiger partial charge in [0.05, 0.1) is 17.1 Å². The molecular formula is C25H31N5O4. The Bertz CT molecular complexity index is 1090. The van der Waals surface area contributed by atoms with Gasteiger partial charge in [0.1, 0.15) is 6.04 Å². The first-order valence-corrected chi connectivity index (χ1v) is 11.0. The van der Waals surface area contributed by atoms with Crippen LogP contribution in [0.1, 0.15) is 35.2 Å². The minimum absolute atomic E-state index is 0.309. The summed E-state index contributed by atoms with van der Waals surface area (Å²) in [4.78, 5) is 38.1. The standard InChI is InChI=1S/C15H23N3O3.C10H8N2O/c16-10-4-7-13(15(20)21)18-14(19)12(17)9-8-11-5-2-1-3-6-11;11-10(13)8-5-1-3-7-4-2-6-12-9(7)8/h1-3,5-6,12-13H,4,7-10,16-17H2,(H,18,19)(H,20,21);1-6H,(H2,11,13)/t12-,13-;/m0./s1. The number of carbonyl (C=O) groups is 3. The zero-order chi connectivity index (χ0) is 24.9. The second-order valence-corrected chi connectivity index (χ2v) is 7.71. The first-order valence-electron chi connectivity index (χ1n) is 11.0. The zero-order valence-corrected chi connectivity index (χ0v) is 18.9. The van der Waals surface area contributed by atoms with Crippen LogP contribution >= 0.6 is 0 Å². The fourth-order valence-electron chi connectivity index (χ4n) is 3.26. The second-order valence-electron chi connectivity index (χ2n) is 7.71. The number of nitrogens with zero attached hydrogens (tertiary/aromatic N) is 1. The van der Waals surface area contributed by atoms with Crippen LogP contribution in [0.5, 0.6) is 0 Å². The minimum atomic E-state index is -1.06. The van der Waals surface area contributed by atoms with Crippen LogP contribution in [-0.2, 0) is 16.0 Å². The summed E-state index contributed by atoms with van der Waals surface area (Å²) in [6, 6.07) is 17.2. The average Bonchev–Trinajstić information content (AvgIpc) is 2.85. The molecule has 2 amide bonds. The summed E-state index contributed by atoms with van der Waals surface area (Å²) in [7, 11) is 0. The number of nitrogens with two attached hydrogens (primary N) is 3. The van der Waals surface area contributed by atoms with Crippen molar-refractivity contribution in [2.75, 3.05) is 6.54 Å². The molecule has 1 heterocycles. The molecular weight excluding hydrogens is 434 g/mol. The number of primary amides is 1. The van der Waals surface area contributed by atoms with Gasteiger partial charge in [0.2, 0.25) is 5.91 Å². The van der Waals surface area contributed by atoms with E-state index in [2.05, 4.69) is 10.3 Å². The van der Waals surface area contributed by atoms with Gasteiger partial charge >= 0.3 is 5.97 Å². The summed E-state index contributed by atoms with van der Waals surface area (Å²) < 4.78 is 0. The Kier molecular flexibility index (Phi) is 10.6. The number of aromatic nitrogens is 1. The van der Waals surface area contributed by atoms with Gasteiger partial charge in [0, 0.05) is 11.6 Å². The Balaban J connectivity index is 0.000000266. The lowest BCUT2D eigenvalue weighted by Gasteiger charge is -2.17. The third-order valence-electron chi connectivity index (χ3n) is 5.13. The van der Waals surface area contributed by atoms with Crippen molar-refractivity contribution in [1.29, 1.82) is 0 Å². The van der Waals surface area contributed by atoms with E-state index in [-0.39, 0.29) is 0 Å². The molecule has 0 saturated heterocycles. The molecule has 34 heavy (non-hydrogen) atoms. The maximum atomic E-state index is 11.9. The molecule has 0 unspecified atom stereocenters. The SMILES string of the molecule is NC(=O)c1cccc2cccnc12.NCCC[C@H](NC(=O)[C@@H](N)CCc1ccccc1)C(=O)O. The number of carboxylic acids is 1. The van der Waals surface area contributed by atoms with Crippen LogP contribution in [0.4, 0.5) is 0 Å². The van der Waals surface area contributed by atoms with Crippen molar-refractivity contribution in [3.63, 3.8) is 0 Å².